The van der Waals surface area contributed by atoms with Crippen molar-refractivity contribution in [2.24, 2.45) is 11.8 Å². The van der Waals surface area contributed by atoms with Crippen molar-refractivity contribution in [1.29, 1.82) is 0 Å². The molecule has 0 saturated heterocycles. The van der Waals surface area contributed by atoms with Gasteiger partial charge in [-0.15, -0.1) is 11.8 Å². The second-order valence-corrected chi connectivity index (χ2v) is 6.10. The number of hydrogen-bond donors (Lipinski definition) is 0. The Labute approximate surface area is 124 Å². The van der Waals surface area contributed by atoms with E-state index in [9.17, 15) is 9.59 Å². The Kier molecular flexibility index (Phi) is 5.65. The molecule has 1 aromatic carbocycles. The van der Waals surface area contributed by atoms with Crippen molar-refractivity contribution in [3.63, 3.8) is 0 Å². The summed E-state index contributed by atoms with van der Waals surface area (Å²) in [6, 6.07) is 10.2. The van der Waals surface area contributed by atoms with Gasteiger partial charge in [0, 0.05) is 23.0 Å². The van der Waals surface area contributed by atoms with Gasteiger partial charge in [0.05, 0.1) is 13.0 Å². The predicted octanol–water partition coefficient (Wildman–Crippen LogP) is 3.33. The molecule has 0 bridgehead atoms. The Balaban J connectivity index is 1.89. The van der Waals surface area contributed by atoms with E-state index in [0.29, 0.717) is 13.0 Å². The topological polar surface area (TPSA) is 43.4 Å². The fraction of sp³-hybridized carbons (Fsp3) is 0.500. The first-order valence-electron chi connectivity index (χ1n) is 7.07. The van der Waals surface area contributed by atoms with E-state index in [-0.39, 0.29) is 30.0 Å². The van der Waals surface area contributed by atoms with Crippen LogP contribution in [-0.2, 0) is 14.3 Å². The van der Waals surface area contributed by atoms with E-state index >= 15 is 0 Å². The number of Topliss-reactive ketones (excluding diaryl/α,β-unsaturated/α-hetero) is 1. The number of benzene rings is 1. The van der Waals surface area contributed by atoms with Crippen LogP contribution >= 0.6 is 11.8 Å². The van der Waals surface area contributed by atoms with Gasteiger partial charge in [0.15, 0.2) is 0 Å². The molecule has 1 aliphatic carbocycles. The first kappa shape index (κ1) is 15.1. The van der Waals surface area contributed by atoms with Crippen LogP contribution in [0.1, 0.15) is 26.2 Å². The lowest BCUT2D eigenvalue weighted by Gasteiger charge is -2.17. The number of rotatable bonds is 6. The molecule has 2 unspecified atom stereocenters. The van der Waals surface area contributed by atoms with Crippen LogP contribution in [0.15, 0.2) is 35.2 Å². The highest BCUT2D eigenvalue weighted by Gasteiger charge is 2.36. The fourth-order valence-electron chi connectivity index (χ4n) is 2.58. The summed E-state index contributed by atoms with van der Waals surface area (Å²) >= 11 is 1.76. The number of carbonyl (C=O) groups excluding carboxylic acids is 2. The number of ether oxygens (including phenoxy) is 1. The molecule has 2 atom stereocenters. The van der Waals surface area contributed by atoms with Crippen molar-refractivity contribution in [1.82, 2.24) is 0 Å². The Bertz CT molecular complexity index is 458. The van der Waals surface area contributed by atoms with Crippen LogP contribution in [0.25, 0.3) is 0 Å². The Morgan fingerprint density at radius 3 is 2.80 bits per heavy atom. The van der Waals surface area contributed by atoms with E-state index in [1.807, 2.05) is 18.2 Å². The van der Waals surface area contributed by atoms with Crippen molar-refractivity contribution in [3.8, 4) is 0 Å². The third-order valence-corrected chi connectivity index (χ3v) is 4.84. The van der Waals surface area contributed by atoms with Crippen LogP contribution in [-0.4, -0.2) is 24.1 Å². The second kappa shape index (κ2) is 7.48. The average molecular weight is 292 g/mol. The standard InChI is InChI=1S/C16H20O3S/c1-2-19-16(18)10-14-12(8-9-15(14)17)11-20-13-6-4-3-5-7-13/h3-7,12,14H,2,8-11H2,1H3. The van der Waals surface area contributed by atoms with Gasteiger partial charge in [0.1, 0.15) is 5.78 Å². The van der Waals surface area contributed by atoms with Gasteiger partial charge in [-0.25, -0.2) is 0 Å². The number of hydrogen-bond acceptors (Lipinski definition) is 4. The minimum Gasteiger partial charge on any atom is -0.466 e. The van der Waals surface area contributed by atoms with Gasteiger partial charge in [0.25, 0.3) is 0 Å². The van der Waals surface area contributed by atoms with E-state index in [1.165, 1.54) is 4.90 Å². The molecule has 4 heteroatoms. The first-order valence-corrected chi connectivity index (χ1v) is 8.05. The predicted molar refractivity (Wildman–Crippen MR) is 79.6 cm³/mol. The van der Waals surface area contributed by atoms with E-state index in [1.54, 1.807) is 18.7 Å². The zero-order valence-corrected chi connectivity index (χ0v) is 12.5. The smallest absolute Gasteiger partial charge is 0.306 e. The molecule has 0 amide bonds. The Morgan fingerprint density at radius 1 is 1.35 bits per heavy atom. The monoisotopic (exact) mass is 292 g/mol. The molecule has 1 fully saturated rings. The van der Waals surface area contributed by atoms with Gasteiger partial charge in [-0.05, 0) is 31.4 Å². The van der Waals surface area contributed by atoms with Crippen molar-refractivity contribution >= 4 is 23.5 Å². The molecular formula is C16H20O3S. The molecule has 20 heavy (non-hydrogen) atoms. The Morgan fingerprint density at radius 2 is 2.10 bits per heavy atom. The maximum absolute atomic E-state index is 11.9. The molecular weight excluding hydrogens is 272 g/mol. The van der Waals surface area contributed by atoms with Crippen LogP contribution < -0.4 is 0 Å². The third kappa shape index (κ3) is 4.10. The summed E-state index contributed by atoms with van der Waals surface area (Å²) in [5.74, 6) is 1.00. The van der Waals surface area contributed by atoms with Crippen LogP contribution in [0, 0.1) is 11.8 Å². The summed E-state index contributed by atoms with van der Waals surface area (Å²) in [7, 11) is 0. The normalized spacial score (nSPS) is 21.9. The highest BCUT2D eigenvalue weighted by Crippen LogP contribution is 2.35. The molecule has 0 radical (unpaired) electrons. The lowest BCUT2D eigenvalue weighted by atomic mass is 9.94. The Hall–Kier alpha value is -1.29. The largest absolute Gasteiger partial charge is 0.466 e. The molecule has 0 N–H and O–H groups in total. The summed E-state index contributed by atoms with van der Waals surface area (Å²) in [4.78, 5) is 24.7. The quantitative estimate of drug-likeness (QED) is 0.596. The number of esters is 1. The lowest BCUT2D eigenvalue weighted by molar-refractivity contribution is -0.146. The van der Waals surface area contributed by atoms with Crippen molar-refractivity contribution < 1.29 is 14.3 Å². The van der Waals surface area contributed by atoms with Gasteiger partial charge < -0.3 is 4.74 Å². The van der Waals surface area contributed by atoms with Gasteiger partial charge in [-0.1, -0.05) is 18.2 Å². The molecule has 1 aromatic rings. The average Bonchev–Trinajstić information content (AvgIpc) is 2.79. The summed E-state index contributed by atoms with van der Waals surface area (Å²) in [6.07, 6.45) is 1.74. The SMILES string of the molecule is CCOC(=O)CC1C(=O)CCC1CSc1ccccc1. The molecule has 108 valence electrons. The van der Waals surface area contributed by atoms with E-state index in [2.05, 4.69) is 12.1 Å². The molecule has 0 aliphatic heterocycles. The molecule has 1 aliphatic rings. The number of thioether (sulfide) groups is 1. The molecule has 0 heterocycles. The van der Waals surface area contributed by atoms with Gasteiger partial charge in [-0.2, -0.15) is 0 Å². The minimum atomic E-state index is -0.248. The van der Waals surface area contributed by atoms with Gasteiger partial charge >= 0.3 is 5.97 Å². The highest BCUT2D eigenvalue weighted by molar-refractivity contribution is 7.99. The molecule has 3 nitrogen and oxygen atoms in total. The number of ketones is 1. The summed E-state index contributed by atoms with van der Waals surface area (Å²) in [5, 5.41) is 0. The minimum absolute atomic E-state index is 0.148. The second-order valence-electron chi connectivity index (χ2n) is 5.00. The summed E-state index contributed by atoms with van der Waals surface area (Å²) in [5.41, 5.74) is 0. The van der Waals surface area contributed by atoms with E-state index < -0.39 is 0 Å². The van der Waals surface area contributed by atoms with Crippen LogP contribution in [0.3, 0.4) is 0 Å². The summed E-state index contributed by atoms with van der Waals surface area (Å²) < 4.78 is 4.97. The molecule has 1 saturated carbocycles. The number of carbonyl (C=O) groups is 2. The lowest BCUT2D eigenvalue weighted by Crippen LogP contribution is -2.21. The maximum atomic E-state index is 11.9. The van der Waals surface area contributed by atoms with Crippen molar-refractivity contribution in [2.45, 2.75) is 31.1 Å². The highest BCUT2D eigenvalue weighted by atomic mass is 32.2. The van der Waals surface area contributed by atoms with Crippen molar-refractivity contribution in [3.05, 3.63) is 30.3 Å². The van der Waals surface area contributed by atoms with E-state index in [4.69, 9.17) is 4.74 Å². The summed E-state index contributed by atoms with van der Waals surface area (Å²) in [6.45, 7) is 2.17. The van der Waals surface area contributed by atoms with Gasteiger partial charge in [-0.3, -0.25) is 9.59 Å². The van der Waals surface area contributed by atoms with Crippen LogP contribution in [0.5, 0.6) is 0 Å². The third-order valence-electron chi connectivity index (χ3n) is 3.64. The maximum Gasteiger partial charge on any atom is 0.306 e. The fourth-order valence-corrected chi connectivity index (χ4v) is 3.73. The molecule has 2 rings (SSSR count). The first-order chi connectivity index (χ1) is 9.70. The molecule has 0 spiro atoms. The van der Waals surface area contributed by atoms with Crippen molar-refractivity contribution in [2.75, 3.05) is 12.4 Å². The van der Waals surface area contributed by atoms with Gasteiger partial charge in [0.2, 0.25) is 0 Å². The zero-order chi connectivity index (χ0) is 14.4. The molecule has 0 aromatic heterocycles. The van der Waals surface area contributed by atoms with Crippen LogP contribution in [0.4, 0.5) is 0 Å². The van der Waals surface area contributed by atoms with Crippen LogP contribution in [0.2, 0.25) is 0 Å². The van der Waals surface area contributed by atoms with E-state index in [0.717, 1.165) is 12.2 Å². The zero-order valence-electron chi connectivity index (χ0n) is 11.7.